The third-order valence-electron chi connectivity index (χ3n) is 4.47. The summed E-state index contributed by atoms with van der Waals surface area (Å²) in [5.41, 5.74) is 4.45. The maximum atomic E-state index is 12.4. The first-order chi connectivity index (χ1) is 12.7. The fraction of sp³-hybridized carbons (Fsp3) is 0.476. The van der Waals surface area contributed by atoms with Gasteiger partial charge in [-0.05, 0) is 49.9 Å². The first kappa shape index (κ1) is 20.7. The number of benzene rings is 1. The van der Waals surface area contributed by atoms with Crippen molar-refractivity contribution in [3.05, 3.63) is 46.8 Å². The monoisotopic (exact) mass is 370 g/mol. The number of nitrogens with one attached hydrogen (secondary N) is 1. The molecule has 1 aromatic heterocycles. The predicted molar refractivity (Wildman–Crippen MR) is 108 cm³/mol. The van der Waals surface area contributed by atoms with Crippen LogP contribution in [0.25, 0.3) is 0 Å². The van der Waals surface area contributed by atoms with Crippen LogP contribution in [0.4, 0.5) is 5.69 Å². The highest BCUT2D eigenvalue weighted by Crippen LogP contribution is 2.18. The summed E-state index contributed by atoms with van der Waals surface area (Å²) < 4.78 is 2.03. The molecule has 0 unspecified atom stereocenters. The molecule has 0 bridgehead atoms. The Morgan fingerprint density at radius 2 is 1.93 bits per heavy atom. The number of hydrogen-bond donors (Lipinski definition) is 1. The summed E-state index contributed by atoms with van der Waals surface area (Å²) in [4.78, 5) is 25.9. The van der Waals surface area contributed by atoms with Gasteiger partial charge in [0.2, 0.25) is 5.91 Å². The Kier molecular flexibility index (Phi) is 6.77. The van der Waals surface area contributed by atoms with Gasteiger partial charge in [-0.15, -0.1) is 0 Å². The highest BCUT2D eigenvalue weighted by molar-refractivity contribution is 5.97. The largest absolute Gasteiger partial charge is 0.345 e. The van der Waals surface area contributed by atoms with Crippen molar-refractivity contribution < 1.29 is 9.59 Å². The topological polar surface area (TPSA) is 67.2 Å². The summed E-state index contributed by atoms with van der Waals surface area (Å²) in [6.45, 7) is 9.27. The smallest absolute Gasteiger partial charge is 0.253 e. The average molecular weight is 370 g/mol. The van der Waals surface area contributed by atoms with Gasteiger partial charge >= 0.3 is 0 Å². The zero-order valence-electron chi connectivity index (χ0n) is 17.2. The van der Waals surface area contributed by atoms with Crippen LogP contribution in [0.2, 0.25) is 0 Å². The van der Waals surface area contributed by atoms with E-state index in [-0.39, 0.29) is 11.8 Å². The molecule has 6 heteroatoms. The maximum Gasteiger partial charge on any atom is 0.253 e. The summed E-state index contributed by atoms with van der Waals surface area (Å²) >= 11 is 0. The quantitative estimate of drug-likeness (QED) is 0.812. The molecule has 0 radical (unpaired) electrons. The van der Waals surface area contributed by atoms with Crippen LogP contribution in [0, 0.1) is 19.8 Å². The van der Waals surface area contributed by atoms with Crippen molar-refractivity contribution in [2.24, 2.45) is 5.92 Å². The van der Waals surface area contributed by atoms with E-state index in [0.717, 1.165) is 23.5 Å². The first-order valence-corrected chi connectivity index (χ1v) is 9.33. The standard InChI is InChI=1S/C21H30N4O2/c1-14(2)13-25-16(4)19(15(3)23-25)10-11-20(26)22-18-9-7-8-17(12-18)21(27)24(5)6/h7-9,12,14H,10-11,13H2,1-6H3,(H,22,26). The van der Waals surface area contributed by atoms with Crippen LogP contribution in [0.1, 0.15) is 47.6 Å². The van der Waals surface area contributed by atoms with Gasteiger partial charge in [-0.2, -0.15) is 5.10 Å². The molecule has 6 nitrogen and oxygen atoms in total. The molecule has 0 aliphatic heterocycles. The lowest BCUT2D eigenvalue weighted by atomic mass is 10.1. The third-order valence-corrected chi connectivity index (χ3v) is 4.47. The molecule has 0 aliphatic carbocycles. The molecule has 1 aromatic carbocycles. The summed E-state index contributed by atoms with van der Waals surface area (Å²) in [7, 11) is 3.41. The van der Waals surface area contributed by atoms with Crippen LogP contribution in [-0.4, -0.2) is 40.6 Å². The van der Waals surface area contributed by atoms with E-state index < -0.39 is 0 Å². The van der Waals surface area contributed by atoms with E-state index in [1.807, 2.05) is 11.6 Å². The van der Waals surface area contributed by atoms with Gasteiger partial charge in [0.1, 0.15) is 0 Å². The van der Waals surface area contributed by atoms with E-state index in [9.17, 15) is 9.59 Å². The fourth-order valence-electron chi connectivity index (χ4n) is 3.07. The van der Waals surface area contributed by atoms with E-state index in [2.05, 4.69) is 31.2 Å². The highest BCUT2D eigenvalue weighted by atomic mass is 16.2. The van der Waals surface area contributed by atoms with Gasteiger partial charge in [0.25, 0.3) is 5.91 Å². The van der Waals surface area contributed by atoms with Crippen LogP contribution in [0.15, 0.2) is 24.3 Å². The molecule has 2 rings (SSSR count). The molecule has 2 aromatic rings. The van der Waals surface area contributed by atoms with Gasteiger partial charge in [0.05, 0.1) is 5.69 Å². The van der Waals surface area contributed by atoms with Crippen LogP contribution in [-0.2, 0) is 17.8 Å². The van der Waals surface area contributed by atoms with Crippen LogP contribution >= 0.6 is 0 Å². The Bertz CT molecular complexity index is 822. The SMILES string of the molecule is Cc1nn(CC(C)C)c(C)c1CCC(=O)Nc1cccc(C(=O)N(C)C)c1. The molecule has 146 valence electrons. The zero-order valence-corrected chi connectivity index (χ0v) is 17.2. The number of carbonyl (C=O) groups is 2. The number of aryl methyl sites for hydroxylation is 1. The van der Waals surface area contributed by atoms with E-state index >= 15 is 0 Å². The van der Waals surface area contributed by atoms with E-state index in [4.69, 9.17) is 0 Å². The molecule has 0 saturated heterocycles. The molecule has 0 atom stereocenters. The van der Waals surface area contributed by atoms with Crippen molar-refractivity contribution in [1.29, 1.82) is 0 Å². The van der Waals surface area contributed by atoms with Gasteiger partial charge in [-0.3, -0.25) is 14.3 Å². The van der Waals surface area contributed by atoms with Crippen LogP contribution < -0.4 is 5.32 Å². The van der Waals surface area contributed by atoms with Crippen LogP contribution in [0.3, 0.4) is 0 Å². The average Bonchev–Trinajstić information content (AvgIpc) is 2.85. The Hall–Kier alpha value is -2.63. The third kappa shape index (κ3) is 5.42. The molecule has 0 aliphatic rings. The first-order valence-electron chi connectivity index (χ1n) is 9.33. The molecular weight excluding hydrogens is 340 g/mol. The summed E-state index contributed by atoms with van der Waals surface area (Å²) in [5.74, 6) is 0.367. The zero-order chi connectivity index (χ0) is 20.1. The van der Waals surface area contributed by atoms with E-state index in [1.54, 1.807) is 38.4 Å². The van der Waals surface area contributed by atoms with Gasteiger partial charge in [-0.25, -0.2) is 0 Å². The normalized spacial score (nSPS) is 10.9. The summed E-state index contributed by atoms with van der Waals surface area (Å²) in [6, 6.07) is 7.02. The van der Waals surface area contributed by atoms with Gasteiger partial charge in [-0.1, -0.05) is 19.9 Å². The van der Waals surface area contributed by atoms with Gasteiger partial charge < -0.3 is 10.2 Å². The minimum absolute atomic E-state index is 0.0696. The fourth-order valence-corrected chi connectivity index (χ4v) is 3.07. The van der Waals surface area contributed by atoms with Gasteiger partial charge in [0.15, 0.2) is 0 Å². The Balaban J connectivity index is 2.00. The molecular formula is C21H30N4O2. The number of aromatic nitrogens is 2. The minimum Gasteiger partial charge on any atom is -0.345 e. The van der Waals surface area contributed by atoms with Gasteiger partial charge in [0, 0.05) is 44.0 Å². The van der Waals surface area contributed by atoms with Crippen molar-refractivity contribution >= 4 is 17.5 Å². The lowest BCUT2D eigenvalue weighted by Gasteiger charge is -2.12. The second-order valence-electron chi connectivity index (χ2n) is 7.55. The summed E-state index contributed by atoms with van der Waals surface area (Å²) in [5, 5.41) is 7.49. The molecule has 1 heterocycles. The lowest BCUT2D eigenvalue weighted by molar-refractivity contribution is -0.116. The number of nitrogens with zero attached hydrogens (tertiary/aromatic N) is 3. The molecule has 1 N–H and O–H groups in total. The second-order valence-corrected chi connectivity index (χ2v) is 7.55. The lowest BCUT2D eigenvalue weighted by Crippen LogP contribution is -2.22. The van der Waals surface area contributed by atoms with Crippen molar-refractivity contribution in [1.82, 2.24) is 14.7 Å². The number of carbonyl (C=O) groups excluding carboxylic acids is 2. The van der Waals surface area contributed by atoms with E-state index in [0.29, 0.717) is 30.0 Å². The van der Waals surface area contributed by atoms with Crippen molar-refractivity contribution in [2.75, 3.05) is 19.4 Å². The Labute approximate surface area is 161 Å². The second kappa shape index (κ2) is 8.84. The Morgan fingerprint density at radius 3 is 2.56 bits per heavy atom. The number of rotatable bonds is 7. The van der Waals surface area contributed by atoms with Crippen molar-refractivity contribution in [2.45, 2.75) is 47.1 Å². The highest BCUT2D eigenvalue weighted by Gasteiger charge is 2.14. The minimum atomic E-state index is -0.0880. The van der Waals surface area contributed by atoms with Crippen molar-refractivity contribution in [3.8, 4) is 0 Å². The van der Waals surface area contributed by atoms with Crippen LogP contribution in [0.5, 0.6) is 0 Å². The number of hydrogen-bond acceptors (Lipinski definition) is 3. The maximum absolute atomic E-state index is 12.4. The van der Waals surface area contributed by atoms with Crippen molar-refractivity contribution in [3.63, 3.8) is 0 Å². The number of anilines is 1. The molecule has 0 saturated carbocycles. The summed E-state index contributed by atoms with van der Waals surface area (Å²) in [6.07, 6.45) is 1.03. The Morgan fingerprint density at radius 1 is 1.22 bits per heavy atom. The molecule has 2 amide bonds. The van der Waals surface area contributed by atoms with E-state index in [1.165, 1.54) is 4.90 Å². The molecule has 0 fully saturated rings. The number of amides is 2. The molecule has 27 heavy (non-hydrogen) atoms. The molecule has 0 spiro atoms. The predicted octanol–water partition coefficient (Wildman–Crippen LogP) is 3.43.